The van der Waals surface area contributed by atoms with Gasteiger partial charge in [0.1, 0.15) is 0 Å². The van der Waals surface area contributed by atoms with Gasteiger partial charge in [-0.1, -0.05) is 25.5 Å². The van der Waals surface area contributed by atoms with Gasteiger partial charge in [-0.25, -0.2) is 0 Å². The molecule has 0 aliphatic heterocycles. The van der Waals surface area contributed by atoms with E-state index in [-0.39, 0.29) is 10.6 Å². The van der Waals surface area contributed by atoms with Crippen molar-refractivity contribution >= 4 is 21.6 Å². The Morgan fingerprint density at radius 1 is 1.35 bits per heavy atom. The predicted octanol–water partition coefficient (Wildman–Crippen LogP) is 3.65. The predicted molar refractivity (Wildman–Crippen MR) is 82.8 cm³/mol. The molecular weight excluding hydrogens is 324 g/mol. The maximum Gasteiger partial charge on any atom is 0.283 e. The highest BCUT2D eigenvalue weighted by molar-refractivity contribution is 9.10. The molecule has 0 saturated heterocycles. The molecule has 0 heterocycles. The number of ether oxygens (including phenoxy) is 1. The van der Waals surface area contributed by atoms with Crippen molar-refractivity contribution in [3.63, 3.8) is 0 Å². The van der Waals surface area contributed by atoms with E-state index in [0.29, 0.717) is 11.0 Å². The minimum absolute atomic E-state index is 0.104. The number of hydrogen-bond donors (Lipinski definition) is 1. The molecule has 5 nitrogen and oxygen atoms in total. The lowest BCUT2D eigenvalue weighted by Crippen LogP contribution is -2.17. The Balaban J connectivity index is 2.25. The molecular formula is C14H21BrN2O3. The van der Waals surface area contributed by atoms with Gasteiger partial charge in [0.2, 0.25) is 0 Å². The van der Waals surface area contributed by atoms with Crippen LogP contribution in [0.25, 0.3) is 0 Å². The van der Waals surface area contributed by atoms with Gasteiger partial charge in [-0.15, -0.1) is 0 Å². The summed E-state index contributed by atoms with van der Waals surface area (Å²) >= 11 is 3.29. The molecule has 0 fully saturated rings. The topological polar surface area (TPSA) is 64.4 Å². The van der Waals surface area contributed by atoms with E-state index in [1.54, 1.807) is 6.07 Å². The van der Waals surface area contributed by atoms with Crippen molar-refractivity contribution < 1.29 is 9.66 Å². The van der Waals surface area contributed by atoms with Crippen LogP contribution in [0.5, 0.6) is 0 Å². The molecule has 0 bridgehead atoms. The van der Waals surface area contributed by atoms with E-state index < -0.39 is 0 Å². The molecule has 0 saturated carbocycles. The van der Waals surface area contributed by atoms with E-state index in [4.69, 9.17) is 4.74 Å². The molecule has 0 aliphatic rings. The third-order valence-electron chi connectivity index (χ3n) is 2.85. The third kappa shape index (κ3) is 5.98. The number of nitrogens with zero attached hydrogens (tertiary/aromatic N) is 1. The van der Waals surface area contributed by atoms with Gasteiger partial charge in [-0.2, -0.15) is 0 Å². The van der Waals surface area contributed by atoms with E-state index in [1.807, 2.05) is 6.07 Å². The Morgan fingerprint density at radius 2 is 2.10 bits per heavy atom. The zero-order chi connectivity index (χ0) is 14.8. The highest BCUT2D eigenvalue weighted by Gasteiger charge is 2.14. The van der Waals surface area contributed by atoms with Crippen molar-refractivity contribution in [3.05, 3.63) is 38.3 Å². The molecule has 0 spiro atoms. The molecule has 0 aliphatic carbocycles. The molecule has 20 heavy (non-hydrogen) atoms. The molecule has 0 aromatic heterocycles. The summed E-state index contributed by atoms with van der Waals surface area (Å²) in [5, 5.41) is 14.1. The largest absolute Gasteiger partial charge is 0.381 e. The number of nitrogens with one attached hydrogen (secondary N) is 1. The van der Waals surface area contributed by atoms with E-state index in [2.05, 4.69) is 28.2 Å². The van der Waals surface area contributed by atoms with E-state index >= 15 is 0 Å². The Hall–Kier alpha value is -0.980. The number of benzene rings is 1. The molecule has 1 N–H and O–H groups in total. The lowest BCUT2D eigenvalue weighted by molar-refractivity contribution is -0.385. The van der Waals surface area contributed by atoms with E-state index in [1.165, 1.54) is 6.07 Å². The minimum Gasteiger partial charge on any atom is -0.381 e. The maximum absolute atomic E-state index is 10.8. The van der Waals surface area contributed by atoms with Crippen LogP contribution in [0.2, 0.25) is 0 Å². The number of hydrogen-bond acceptors (Lipinski definition) is 4. The highest BCUT2D eigenvalue weighted by atomic mass is 79.9. The third-order valence-corrected chi connectivity index (χ3v) is 3.77. The van der Waals surface area contributed by atoms with Crippen LogP contribution < -0.4 is 5.32 Å². The summed E-state index contributed by atoms with van der Waals surface area (Å²) in [6.45, 7) is 5.16. The van der Waals surface area contributed by atoms with Gasteiger partial charge in [0.05, 0.1) is 9.40 Å². The summed E-state index contributed by atoms with van der Waals surface area (Å²) in [5.41, 5.74) is 0.998. The highest BCUT2D eigenvalue weighted by Crippen LogP contribution is 2.27. The molecule has 0 amide bonds. The number of nitro benzene ring substituents is 1. The Morgan fingerprint density at radius 3 is 2.80 bits per heavy atom. The fourth-order valence-electron chi connectivity index (χ4n) is 1.71. The number of unbranched alkanes of at least 4 members (excludes halogenated alkanes) is 1. The molecule has 1 aromatic carbocycles. The average molecular weight is 345 g/mol. The maximum atomic E-state index is 10.8. The zero-order valence-electron chi connectivity index (χ0n) is 11.7. The van der Waals surface area contributed by atoms with Crippen LogP contribution in [0.3, 0.4) is 0 Å². The van der Waals surface area contributed by atoms with Crippen molar-refractivity contribution in [1.29, 1.82) is 0 Å². The second kappa shape index (κ2) is 9.85. The van der Waals surface area contributed by atoms with Gasteiger partial charge in [-0.3, -0.25) is 10.1 Å². The second-order valence-electron chi connectivity index (χ2n) is 4.50. The first-order valence-corrected chi connectivity index (χ1v) is 7.66. The van der Waals surface area contributed by atoms with Crippen LogP contribution in [0, 0.1) is 10.1 Å². The van der Waals surface area contributed by atoms with Gasteiger partial charge in [-0.05, 0) is 40.9 Å². The lowest BCUT2D eigenvalue weighted by Gasteiger charge is -2.07. The Labute approximate surface area is 128 Å². The number of halogens is 1. The van der Waals surface area contributed by atoms with Gasteiger partial charge in [0, 0.05) is 25.8 Å². The normalized spacial score (nSPS) is 10.7. The van der Waals surface area contributed by atoms with Gasteiger partial charge in [0.15, 0.2) is 0 Å². The van der Waals surface area contributed by atoms with Crippen LogP contribution in [-0.4, -0.2) is 24.7 Å². The molecule has 0 unspecified atom stereocenters. The first kappa shape index (κ1) is 17.1. The molecule has 1 rings (SSSR count). The van der Waals surface area contributed by atoms with Crippen molar-refractivity contribution in [1.82, 2.24) is 5.32 Å². The van der Waals surface area contributed by atoms with Crippen LogP contribution in [0.4, 0.5) is 5.69 Å². The molecule has 1 aromatic rings. The fourth-order valence-corrected chi connectivity index (χ4v) is 2.26. The Kier molecular flexibility index (Phi) is 8.41. The molecule has 6 heteroatoms. The monoisotopic (exact) mass is 344 g/mol. The quantitative estimate of drug-likeness (QED) is 0.399. The summed E-state index contributed by atoms with van der Waals surface area (Å²) < 4.78 is 6.01. The van der Waals surface area contributed by atoms with Crippen LogP contribution in [0.1, 0.15) is 31.7 Å². The second-order valence-corrected chi connectivity index (χ2v) is 5.30. The van der Waals surface area contributed by atoms with Gasteiger partial charge >= 0.3 is 0 Å². The molecule has 112 valence electrons. The zero-order valence-corrected chi connectivity index (χ0v) is 13.3. The lowest BCUT2D eigenvalue weighted by atomic mass is 10.2. The standard InChI is InChI=1S/C14H21BrN2O3/c1-2-3-9-20-10-5-8-16-11-12-6-4-7-13(14(12)15)17(18)19/h4,6-7,16H,2-3,5,8-11H2,1H3. The van der Waals surface area contributed by atoms with Crippen LogP contribution >= 0.6 is 15.9 Å². The van der Waals surface area contributed by atoms with Crippen molar-refractivity contribution in [2.45, 2.75) is 32.7 Å². The minimum atomic E-state index is -0.380. The summed E-state index contributed by atoms with van der Waals surface area (Å²) in [5.74, 6) is 0. The smallest absolute Gasteiger partial charge is 0.283 e. The first-order valence-electron chi connectivity index (χ1n) is 6.87. The number of rotatable bonds is 10. The van der Waals surface area contributed by atoms with Crippen molar-refractivity contribution in [2.24, 2.45) is 0 Å². The van der Waals surface area contributed by atoms with E-state index in [0.717, 1.165) is 44.6 Å². The summed E-state index contributed by atoms with van der Waals surface area (Å²) in [4.78, 5) is 10.4. The molecule has 0 atom stereocenters. The van der Waals surface area contributed by atoms with Crippen molar-refractivity contribution in [3.8, 4) is 0 Å². The van der Waals surface area contributed by atoms with Crippen LogP contribution in [0.15, 0.2) is 22.7 Å². The van der Waals surface area contributed by atoms with Crippen LogP contribution in [-0.2, 0) is 11.3 Å². The SMILES string of the molecule is CCCCOCCCNCc1cccc([N+](=O)[O-])c1Br. The van der Waals surface area contributed by atoms with E-state index in [9.17, 15) is 10.1 Å². The van der Waals surface area contributed by atoms with Gasteiger partial charge in [0.25, 0.3) is 5.69 Å². The summed E-state index contributed by atoms with van der Waals surface area (Å²) in [6.07, 6.45) is 3.20. The first-order chi connectivity index (χ1) is 9.66. The number of nitro groups is 1. The Bertz CT molecular complexity index is 427. The van der Waals surface area contributed by atoms with Crippen molar-refractivity contribution in [2.75, 3.05) is 19.8 Å². The summed E-state index contributed by atoms with van der Waals surface area (Å²) in [7, 11) is 0. The molecule has 0 radical (unpaired) electrons. The fraction of sp³-hybridized carbons (Fsp3) is 0.571. The summed E-state index contributed by atoms with van der Waals surface area (Å²) in [6, 6.07) is 5.07. The van der Waals surface area contributed by atoms with Gasteiger partial charge < -0.3 is 10.1 Å². The average Bonchev–Trinajstić information content (AvgIpc) is 2.43.